The van der Waals surface area contributed by atoms with Crippen molar-refractivity contribution in [3.8, 4) is 22.6 Å². The summed E-state index contributed by atoms with van der Waals surface area (Å²) < 4.78 is 12.3. The maximum atomic E-state index is 11.9. The lowest BCUT2D eigenvalue weighted by Gasteiger charge is -2.26. The number of carbonyl (C=O) groups excluding carboxylic acids is 1. The van der Waals surface area contributed by atoms with E-state index in [2.05, 4.69) is 11.8 Å². The van der Waals surface area contributed by atoms with E-state index < -0.39 is 0 Å². The zero-order valence-corrected chi connectivity index (χ0v) is 17.4. The number of ether oxygens (including phenoxy) is 2. The first-order valence-electron chi connectivity index (χ1n) is 11.0. The summed E-state index contributed by atoms with van der Waals surface area (Å²) in [4.78, 5) is 14.5. The number of fused-ring (bicyclic) bond motifs is 3. The molecule has 1 fully saturated rings. The first-order valence-corrected chi connectivity index (χ1v) is 11.0. The van der Waals surface area contributed by atoms with E-state index in [-0.39, 0.29) is 5.92 Å². The summed E-state index contributed by atoms with van der Waals surface area (Å²) in [6.45, 7) is 6.97. The SMILES string of the molecule is CCCOc1cccc2c1-c1c(OCCCN3CCCCC3)cccc1C2C=O. The molecule has 1 heterocycles. The summed E-state index contributed by atoms with van der Waals surface area (Å²) in [6, 6.07) is 12.1. The van der Waals surface area contributed by atoms with E-state index in [4.69, 9.17) is 9.47 Å². The summed E-state index contributed by atoms with van der Waals surface area (Å²) in [5.41, 5.74) is 4.10. The van der Waals surface area contributed by atoms with E-state index >= 15 is 0 Å². The fourth-order valence-corrected chi connectivity index (χ4v) is 4.57. The predicted molar refractivity (Wildman–Crippen MR) is 116 cm³/mol. The highest BCUT2D eigenvalue weighted by Crippen LogP contribution is 2.52. The summed E-state index contributed by atoms with van der Waals surface area (Å²) in [6.07, 6.45) is 7.00. The quantitative estimate of drug-likeness (QED) is 0.442. The largest absolute Gasteiger partial charge is 0.493 e. The monoisotopic (exact) mass is 393 g/mol. The van der Waals surface area contributed by atoms with E-state index in [1.807, 2.05) is 36.4 Å². The Balaban J connectivity index is 1.55. The molecule has 0 spiro atoms. The fourth-order valence-electron chi connectivity index (χ4n) is 4.57. The standard InChI is InChI=1S/C25H31NO3/c1-2-16-28-22-11-6-9-19-21(18-27)20-10-7-12-23(25(20)24(19)22)29-17-8-15-26-13-4-3-5-14-26/h6-7,9-12,18,21H,2-5,8,13-17H2,1H3. The van der Waals surface area contributed by atoms with Gasteiger partial charge in [-0.25, -0.2) is 0 Å². The lowest BCUT2D eigenvalue weighted by Crippen LogP contribution is -2.31. The molecule has 1 aliphatic heterocycles. The molecular formula is C25H31NO3. The number of aldehydes is 1. The molecule has 0 bridgehead atoms. The minimum absolute atomic E-state index is 0.248. The average Bonchev–Trinajstić information content (AvgIpc) is 3.11. The highest BCUT2D eigenvalue weighted by molar-refractivity contribution is 5.93. The van der Waals surface area contributed by atoms with Crippen molar-refractivity contribution in [1.29, 1.82) is 0 Å². The Morgan fingerprint density at radius 2 is 1.55 bits per heavy atom. The normalized spacial score (nSPS) is 18.2. The van der Waals surface area contributed by atoms with Gasteiger partial charge < -0.3 is 19.2 Å². The molecule has 4 heteroatoms. The van der Waals surface area contributed by atoms with Crippen molar-refractivity contribution in [3.63, 3.8) is 0 Å². The Bertz CT molecular complexity index is 842. The van der Waals surface area contributed by atoms with Crippen LogP contribution in [-0.2, 0) is 4.79 Å². The number of benzene rings is 2. The Morgan fingerprint density at radius 3 is 2.14 bits per heavy atom. The van der Waals surface area contributed by atoms with Crippen LogP contribution in [0.3, 0.4) is 0 Å². The van der Waals surface area contributed by atoms with Crippen molar-refractivity contribution in [2.75, 3.05) is 32.8 Å². The van der Waals surface area contributed by atoms with Crippen molar-refractivity contribution >= 4 is 6.29 Å². The van der Waals surface area contributed by atoms with Gasteiger partial charge in [-0.15, -0.1) is 0 Å². The molecule has 2 aromatic carbocycles. The average molecular weight is 394 g/mol. The number of nitrogens with zero attached hydrogens (tertiary/aromatic N) is 1. The molecule has 1 atom stereocenters. The Labute approximate surface area is 173 Å². The number of carbonyl (C=O) groups is 1. The van der Waals surface area contributed by atoms with Crippen LogP contribution in [0.15, 0.2) is 36.4 Å². The van der Waals surface area contributed by atoms with Crippen molar-refractivity contribution in [2.45, 2.75) is 44.9 Å². The molecule has 2 aliphatic rings. The molecular weight excluding hydrogens is 362 g/mol. The number of hydrogen-bond donors (Lipinski definition) is 0. The second-order valence-corrected chi connectivity index (χ2v) is 8.01. The van der Waals surface area contributed by atoms with Crippen LogP contribution in [0.4, 0.5) is 0 Å². The van der Waals surface area contributed by atoms with E-state index in [9.17, 15) is 4.79 Å². The van der Waals surface area contributed by atoms with Crippen LogP contribution in [0.5, 0.6) is 11.5 Å². The Hall–Kier alpha value is -2.33. The van der Waals surface area contributed by atoms with Gasteiger partial charge >= 0.3 is 0 Å². The third-order valence-electron chi connectivity index (χ3n) is 5.96. The van der Waals surface area contributed by atoms with Gasteiger partial charge in [0.15, 0.2) is 0 Å². The molecule has 1 aliphatic carbocycles. The Kier molecular flexibility index (Phi) is 6.50. The van der Waals surface area contributed by atoms with Gasteiger partial charge in [0, 0.05) is 17.7 Å². The Morgan fingerprint density at radius 1 is 0.931 bits per heavy atom. The minimum atomic E-state index is -0.248. The van der Waals surface area contributed by atoms with E-state index in [0.29, 0.717) is 13.2 Å². The summed E-state index contributed by atoms with van der Waals surface area (Å²) in [5, 5.41) is 0. The van der Waals surface area contributed by atoms with Gasteiger partial charge in [0.05, 0.1) is 19.1 Å². The van der Waals surface area contributed by atoms with Crippen LogP contribution in [0.25, 0.3) is 11.1 Å². The van der Waals surface area contributed by atoms with E-state index in [1.54, 1.807) is 0 Å². The number of piperidine rings is 1. The first-order chi connectivity index (χ1) is 14.3. The molecule has 0 radical (unpaired) electrons. The summed E-state index contributed by atoms with van der Waals surface area (Å²) in [7, 11) is 0. The molecule has 0 amide bonds. The van der Waals surface area contributed by atoms with Crippen LogP contribution in [0.2, 0.25) is 0 Å². The number of likely N-dealkylation sites (tertiary alicyclic amines) is 1. The lowest BCUT2D eigenvalue weighted by molar-refractivity contribution is -0.108. The molecule has 0 saturated carbocycles. The lowest BCUT2D eigenvalue weighted by atomic mass is 9.99. The summed E-state index contributed by atoms with van der Waals surface area (Å²) >= 11 is 0. The third-order valence-corrected chi connectivity index (χ3v) is 5.96. The molecule has 4 nitrogen and oxygen atoms in total. The third kappa shape index (κ3) is 4.18. The molecule has 1 unspecified atom stereocenters. The maximum absolute atomic E-state index is 11.9. The van der Waals surface area contributed by atoms with Crippen LogP contribution >= 0.6 is 0 Å². The fraction of sp³-hybridized carbons (Fsp3) is 0.480. The first kappa shape index (κ1) is 20.0. The zero-order valence-electron chi connectivity index (χ0n) is 17.4. The smallest absolute Gasteiger partial charge is 0.131 e. The molecule has 154 valence electrons. The predicted octanol–water partition coefficient (Wildman–Crippen LogP) is 5.04. The van der Waals surface area contributed by atoms with Gasteiger partial charge in [-0.2, -0.15) is 0 Å². The summed E-state index contributed by atoms with van der Waals surface area (Å²) in [5.74, 6) is 1.46. The van der Waals surface area contributed by atoms with E-state index in [0.717, 1.165) is 59.4 Å². The number of hydrogen-bond acceptors (Lipinski definition) is 4. The van der Waals surface area contributed by atoms with Crippen molar-refractivity contribution < 1.29 is 14.3 Å². The highest BCUT2D eigenvalue weighted by Gasteiger charge is 2.33. The molecule has 0 aromatic heterocycles. The van der Waals surface area contributed by atoms with Crippen LogP contribution in [0, 0.1) is 0 Å². The number of rotatable bonds is 9. The second-order valence-electron chi connectivity index (χ2n) is 8.01. The van der Waals surface area contributed by atoms with Crippen LogP contribution < -0.4 is 9.47 Å². The van der Waals surface area contributed by atoms with Crippen LogP contribution in [-0.4, -0.2) is 44.0 Å². The van der Waals surface area contributed by atoms with Gasteiger partial charge in [-0.1, -0.05) is 37.6 Å². The van der Waals surface area contributed by atoms with Gasteiger partial charge in [-0.3, -0.25) is 0 Å². The second kappa shape index (κ2) is 9.45. The molecule has 4 rings (SSSR count). The van der Waals surface area contributed by atoms with Crippen LogP contribution in [0.1, 0.15) is 56.1 Å². The topological polar surface area (TPSA) is 38.8 Å². The molecule has 1 saturated heterocycles. The van der Waals surface area contributed by atoms with Crippen molar-refractivity contribution in [1.82, 2.24) is 4.90 Å². The highest BCUT2D eigenvalue weighted by atomic mass is 16.5. The molecule has 0 N–H and O–H groups in total. The van der Waals surface area contributed by atoms with Gasteiger partial charge in [0.2, 0.25) is 0 Å². The minimum Gasteiger partial charge on any atom is -0.493 e. The maximum Gasteiger partial charge on any atom is 0.131 e. The van der Waals surface area contributed by atoms with Gasteiger partial charge in [0.25, 0.3) is 0 Å². The van der Waals surface area contributed by atoms with Crippen molar-refractivity contribution in [2.24, 2.45) is 0 Å². The van der Waals surface area contributed by atoms with E-state index in [1.165, 1.54) is 32.4 Å². The molecule has 29 heavy (non-hydrogen) atoms. The zero-order chi connectivity index (χ0) is 20.1. The van der Waals surface area contributed by atoms with Gasteiger partial charge in [0.1, 0.15) is 17.8 Å². The van der Waals surface area contributed by atoms with Gasteiger partial charge in [-0.05, 0) is 62.0 Å². The molecule has 2 aromatic rings. The van der Waals surface area contributed by atoms with Crippen molar-refractivity contribution in [3.05, 3.63) is 47.5 Å².